The van der Waals surface area contributed by atoms with E-state index in [0.29, 0.717) is 6.42 Å². The summed E-state index contributed by atoms with van der Waals surface area (Å²) in [6.07, 6.45) is 2.62. The van der Waals surface area contributed by atoms with Crippen molar-refractivity contribution in [2.45, 2.75) is 64.1 Å². The van der Waals surface area contributed by atoms with Crippen LogP contribution in [0.15, 0.2) is 0 Å². The number of carboxylic acid groups (broad SMARTS) is 1. The van der Waals surface area contributed by atoms with E-state index >= 15 is 0 Å². The summed E-state index contributed by atoms with van der Waals surface area (Å²) in [5, 5.41) is 10.8. The fourth-order valence-corrected chi connectivity index (χ4v) is 2.64. The van der Waals surface area contributed by atoms with Crippen molar-refractivity contribution in [3.8, 4) is 0 Å². The summed E-state index contributed by atoms with van der Waals surface area (Å²) in [5.41, 5.74) is 5.45. The Kier molecular flexibility index (Phi) is 8.33. The van der Waals surface area contributed by atoms with E-state index in [4.69, 9.17) is 20.3 Å². The molecule has 4 N–H and O–H groups in total. The minimum absolute atomic E-state index is 0.0134. The van der Waals surface area contributed by atoms with Crippen molar-refractivity contribution in [2.24, 2.45) is 11.7 Å². The number of aliphatic carboxylic acids is 1. The fourth-order valence-electron chi connectivity index (χ4n) is 2.64. The van der Waals surface area contributed by atoms with E-state index in [2.05, 4.69) is 5.32 Å². The van der Waals surface area contributed by atoms with E-state index < -0.39 is 42.3 Å². The number of ether oxygens (including phenoxy) is 2. The Morgan fingerprint density at radius 1 is 1.20 bits per heavy atom. The minimum atomic E-state index is -1.67. The molecule has 0 aromatic heterocycles. The second-order valence-corrected chi connectivity index (χ2v) is 6.14. The zero-order chi connectivity index (χ0) is 19.0. The van der Waals surface area contributed by atoms with Crippen LogP contribution in [0.4, 0.5) is 0 Å². The first-order valence-corrected chi connectivity index (χ1v) is 8.41. The van der Waals surface area contributed by atoms with Crippen LogP contribution >= 0.6 is 0 Å². The van der Waals surface area contributed by atoms with Crippen LogP contribution in [0.3, 0.4) is 0 Å². The van der Waals surface area contributed by atoms with Crippen LogP contribution in [0.2, 0.25) is 0 Å². The van der Waals surface area contributed by atoms with Gasteiger partial charge in [0.25, 0.3) is 0 Å². The van der Waals surface area contributed by atoms with E-state index in [-0.39, 0.29) is 18.6 Å². The Morgan fingerprint density at radius 2 is 1.84 bits per heavy atom. The van der Waals surface area contributed by atoms with Gasteiger partial charge in [-0.2, -0.15) is 0 Å². The molecule has 0 heterocycles. The number of hydrogen-bond acceptors (Lipinski definition) is 7. The summed E-state index contributed by atoms with van der Waals surface area (Å²) in [6, 6.07) is -3.06. The van der Waals surface area contributed by atoms with Gasteiger partial charge in [-0.05, 0) is 32.1 Å². The molecular weight excluding hydrogens is 332 g/mol. The highest BCUT2D eigenvalue weighted by atomic mass is 16.6. The third kappa shape index (κ3) is 6.69. The lowest BCUT2D eigenvalue weighted by atomic mass is 9.88. The number of carbonyl (C=O) groups is 4. The van der Waals surface area contributed by atoms with Crippen LogP contribution in [-0.4, -0.2) is 53.7 Å². The summed E-state index contributed by atoms with van der Waals surface area (Å²) in [7, 11) is 0. The van der Waals surface area contributed by atoms with Crippen LogP contribution < -0.4 is 11.1 Å². The van der Waals surface area contributed by atoms with Gasteiger partial charge in [0.15, 0.2) is 0 Å². The molecule has 4 unspecified atom stereocenters. The van der Waals surface area contributed by atoms with Crippen LogP contribution in [0.25, 0.3) is 0 Å². The molecule has 0 aromatic rings. The van der Waals surface area contributed by atoms with E-state index in [1.54, 1.807) is 6.92 Å². The summed E-state index contributed by atoms with van der Waals surface area (Å²) in [4.78, 5) is 46.9. The van der Waals surface area contributed by atoms with E-state index in [0.717, 1.165) is 19.3 Å². The molecule has 9 nitrogen and oxygen atoms in total. The van der Waals surface area contributed by atoms with Gasteiger partial charge in [-0.25, -0.2) is 9.59 Å². The first-order chi connectivity index (χ1) is 11.8. The van der Waals surface area contributed by atoms with E-state index in [9.17, 15) is 19.2 Å². The lowest BCUT2D eigenvalue weighted by Gasteiger charge is -2.29. The van der Waals surface area contributed by atoms with Gasteiger partial charge in [0.2, 0.25) is 11.9 Å². The van der Waals surface area contributed by atoms with Gasteiger partial charge in [-0.3, -0.25) is 9.59 Å². The zero-order valence-corrected chi connectivity index (χ0v) is 14.5. The molecule has 142 valence electrons. The van der Waals surface area contributed by atoms with Crippen LogP contribution in [0.5, 0.6) is 0 Å². The maximum atomic E-state index is 12.4. The largest absolute Gasteiger partial charge is 0.481 e. The molecule has 0 spiro atoms. The van der Waals surface area contributed by atoms with Gasteiger partial charge in [-0.15, -0.1) is 0 Å². The predicted octanol–water partition coefficient (Wildman–Crippen LogP) is -0.0418. The number of carbonyl (C=O) groups excluding carboxylic acids is 3. The van der Waals surface area contributed by atoms with Crippen LogP contribution in [-0.2, 0) is 28.7 Å². The van der Waals surface area contributed by atoms with E-state index in [1.807, 2.05) is 6.92 Å². The maximum Gasteiger partial charge on any atom is 0.340 e. The molecule has 1 saturated carbocycles. The van der Waals surface area contributed by atoms with Crippen molar-refractivity contribution >= 4 is 23.8 Å². The van der Waals surface area contributed by atoms with Crippen molar-refractivity contribution < 1.29 is 33.8 Å². The molecule has 0 radical (unpaired) electrons. The van der Waals surface area contributed by atoms with Crippen LogP contribution in [0, 0.1) is 5.92 Å². The Morgan fingerprint density at radius 3 is 2.40 bits per heavy atom. The first-order valence-electron chi connectivity index (χ1n) is 8.41. The Hall–Kier alpha value is -2.16. The molecule has 1 rings (SSSR count). The highest BCUT2D eigenvalue weighted by Crippen LogP contribution is 2.26. The molecular formula is C16H26N2O7. The molecule has 1 fully saturated rings. The number of nitrogens with two attached hydrogens (primary N) is 1. The minimum Gasteiger partial charge on any atom is -0.481 e. The Balaban J connectivity index is 2.77. The summed E-state index contributed by atoms with van der Waals surface area (Å²) < 4.78 is 10.2. The normalized spacial score (nSPS) is 22.4. The Labute approximate surface area is 146 Å². The maximum absolute atomic E-state index is 12.4. The number of rotatable bonds is 8. The number of hydrogen-bond donors (Lipinski definition) is 3. The average molecular weight is 358 g/mol. The average Bonchev–Trinajstić information content (AvgIpc) is 2.53. The third-order valence-electron chi connectivity index (χ3n) is 4.08. The fraction of sp³-hybridized carbons (Fsp3) is 0.750. The lowest BCUT2D eigenvalue weighted by Crippen LogP contribution is -2.54. The number of nitrogens with one attached hydrogen (secondary N) is 1. The van der Waals surface area contributed by atoms with Crippen molar-refractivity contribution in [3.05, 3.63) is 0 Å². The molecule has 4 atom stereocenters. The van der Waals surface area contributed by atoms with E-state index in [1.165, 1.54) is 0 Å². The lowest BCUT2D eigenvalue weighted by molar-refractivity contribution is -0.165. The molecule has 0 bridgehead atoms. The molecule has 0 saturated heterocycles. The predicted molar refractivity (Wildman–Crippen MR) is 86.3 cm³/mol. The summed E-state index contributed by atoms with van der Waals surface area (Å²) >= 11 is 0. The highest BCUT2D eigenvalue weighted by Gasteiger charge is 2.36. The summed E-state index contributed by atoms with van der Waals surface area (Å²) in [5.74, 6) is -3.94. The molecule has 25 heavy (non-hydrogen) atoms. The van der Waals surface area contributed by atoms with Gasteiger partial charge >= 0.3 is 17.9 Å². The SMILES string of the molecule is CCOC(=O)C(NC(=O)C(N)CC(=O)O)C(=O)OC1CCCCC1C. The highest BCUT2D eigenvalue weighted by molar-refractivity contribution is 6.03. The molecule has 0 aliphatic heterocycles. The second-order valence-electron chi connectivity index (χ2n) is 6.14. The quantitative estimate of drug-likeness (QED) is 0.405. The van der Waals surface area contributed by atoms with Crippen molar-refractivity contribution in [1.29, 1.82) is 0 Å². The number of amides is 1. The second kappa shape index (κ2) is 9.97. The molecule has 1 amide bonds. The van der Waals surface area contributed by atoms with Gasteiger partial charge in [-0.1, -0.05) is 13.3 Å². The monoisotopic (exact) mass is 358 g/mol. The molecule has 0 aromatic carbocycles. The standard InChI is InChI=1S/C16H26N2O7/c1-3-24-15(22)13(18-14(21)10(17)8-12(19)20)16(23)25-11-7-5-4-6-9(11)2/h9-11,13H,3-8,17H2,1-2H3,(H,18,21)(H,19,20). The van der Waals surface area contributed by atoms with Gasteiger partial charge < -0.3 is 25.6 Å². The number of carboxylic acids is 1. The van der Waals surface area contributed by atoms with Gasteiger partial charge in [0, 0.05) is 0 Å². The third-order valence-corrected chi connectivity index (χ3v) is 4.08. The van der Waals surface area contributed by atoms with Crippen LogP contribution in [0.1, 0.15) is 46.0 Å². The van der Waals surface area contributed by atoms with Gasteiger partial charge in [0.05, 0.1) is 19.1 Å². The van der Waals surface area contributed by atoms with Crippen molar-refractivity contribution in [3.63, 3.8) is 0 Å². The molecule has 1 aliphatic rings. The summed E-state index contributed by atoms with van der Waals surface area (Å²) in [6.45, 7) is 3.53. The first kappa shape index (κ1) is 20.9. The Bertz CT molecular complexity index is 509. The molecule has 1 aliphatic carbocycles. The topological polar surface area (TPSA) is 145 Å². The molecule has 9 heteroatoms. The van der Waals surface area contributed by atoms with Crippen molar-refractivity contribution in [1.82, 2.24) is 5.32 Å². The zero-order valence-electron chi connectivity index (χ0n) is 14.5. The number of esters is 2. The van der Waals surface area contributed by atoms with Crippen molar-refractivity contribution in [2.75, 3.05) is 6.61 Å². The smallest absolute Gasteiger partial charge is 0.340 e. The van der Waals surface area contributed by atoms with Gasteiger partial charge in [0.1, 0.15) is 6.10 Å².